The van der Waals surface area contributed by atoms with E-state index in [1.54, 1.807) is 10.9 Å². The van der Waals surface area contributed by atoms with Crippen LogP contribution in [-0.2, 0) is 16.1 Å². The van der Waals surface area contributed by atoms with E-state index in [1.807, 2.05) is 36.5 Å². The van der Waals surface area contributed by atoms with Gasteiger partial charge in [0.2, 0.25) is 0 Å². The molecule has 0 aliphatic carbocycles. The first-order valence-electron chi connectivity index (χ1n) is 6.54. The van der Waals surface area contributed by atoms with Crippen LogP contribution in [0.1, 0.15) is 31.7 Å². The van der Waals surface area contributed by atoms with Crippen molar-refractivity contribution in [3.8, 4) is 5.69 Å². The van der Waals surface area contributed by atoms with E-state index >= 15 is 0 Å². The average molecular weight is 258 g/mol. The summed E-state index contributed by atoms with van der Waals surface area (Å²) >= 11 is 0. The van der Waals surface area contributed by atoms with Crippen LogP contribution in [0, 0.1) is 0 Å². The Bertz CT molecular complexity index is 503. The van der Waals surface area contributed by atoms with Crippen molar-refractivity contribution < 1.29 is 9.53 Å². The fraction of sp³-hybridized carbons (Fsp3) is 0.333. The molecule has 100 valence electrons. The van der Waals surface area contributed by atoms with E-state index in [2.05, 4.69) is 12.0 Å². The van der Waals surface area contributed by atoms with E-state index in [0.717, 1.165) is 24.1 Å². The molecule has 0 atom stereocenters. The van der Waals surface area contributed by atoms with Gasteiger partial charge in [0.25, 0.3) is 0 Å². The number of ether oxygens (including phenoxy) is 1. The largest absolute Gasteiger partial charge is 0.461 e. The van der Waals surface area contributed by atoms with Gasteiger partial charge < -0.3 is 4.74 Å². The molecule has 4 heteroatoms. The molecule has 0 radical (unpaired) electrons. The number of carbonyl (C=O) groups excluding carboxylic acids is 1. The predicted octanol–water partition coefficient (Wildman–Crippen LogP) is 3.11. The monoisotopic (exact) mass is 258 g/mol. The van der Waals surface area contributed by atoms with Crippen molar-refractivity contribution in [1.29, 1.82) is 0 Å². The van der Waals surface area contributed by atoms with Gasteiger partial charge in [-0.2, -0.15) is 5.10 Å². The molecule has 0 amide bonds. The minimum atomic E-state index is -0.127. The molecule has 1 aromatic heterocycles. The van der Waals surface area contributed by atoms with Crippen molar-refractivity contribution in [3.05, 3.63) is 48.3 Å². The van der Waals surface area contributed by atoms with Crippen molar-refractivity contribution in [2.24, 2.45) is 0 Å². The van der Waals surface area contributed by atoms with Crippen LogP contribution in [-0.4, -0.2) is 15.7 Å². The van der Waals surface area contributed by atoms with Crippen molar-refractivity contribution in [2.45, 2.75) is 32.8 Å². The van der Waals surface area contributed by atoms with Crippen LogP contribution in [0.3, 0.4) is 0 Å². The fourth-order valence-electron chi connectivity index (χ4n) is 1.72. The predicted molar refractivity (Wildman–Crippen MR) is 72.9 cm³/mol. The van der Waals surface area contributed by atoms with Gasteiger partial charge in [-0.25, -0.2) is 4.68 Å². The van der Waals surface area contributed by atoms with Gasteiger partial charge >= 0.3 is 5.97 Å². The Balaban J connectivity index is 1.87. The van der Waals surface area contributed by atoms with Crippen LogP contribution >= 0.6 is 0 Å². The van der Waals surface area contributed by atoms with E-state index in [-0.39, 0.29) is 5.97 Å². The van der Waals surface area contributed by atoms with Gasteiger partial charge in [0.15, 0.2) is 0 Å². The van der Waals surface area contributed by atoms with Gasteiger partial charge in [0.05, 0.1) is 5.69 Å². The quantitative estimate of drug-likeness (QED) is 0.748. The van der Waals surface area contributed by atoms with Crippen LogP contribution < -0.4 is 0 Å². The first-order valence-corrected chi connectivity index (χ1v) is 6.54. The van der Waals surface area contributed by atoms with Crippen LogP contribution in [0.5, 0.6) is 0 Å². The number of hydrogen-bond donors (Lipinski definition) is 0. The number of benzene rings is 1. The zero-order valence-corrected chi connectivity index (χ0v) is 11.1. The number of aromatic nitrogens is 2. The molecule has 2 rings (SSSR count). The Kier molecular flexibility index (Phi) is 4.72. The van der Waals surface area contributed by atoms with Crippen molar-refractivity contribution >= 4 is 5.97 Å². The average Bonchev–Trinajstić information content (AvgIpc) is 2.97. The third-order valence-electron chi connectivity index (χ3n) is 2.84. The first-order chi connectivity index (χ1) is 9.29. The van der Waals surface area contributed by atoms with E-state index in [4.69, 9.17) is 4.74 Å². The molecule has 0 saturated carbocycles. The van der Waals surface area contributed by atoms with E-state index in [9.17, 15) is 4.79 Å². The standard InChI is InChI=1S/C15H18N2O2/c1-2-3-5-15(18)19-12-13-6-8-14(9-7-13)17-11-4-10-16-17/h4,6-11H,2-3,5,12H2,1H3. The molecular weight excluding hydrogens is 240 g/mol. The van der Waals surface area contributed by atoms with Crippen LogP contribution in [0.4, 0.5) is 0 Å². The van der Waals surface area contributed by atoms with E-state index < -0.39 is 0 Å². The summed E-state index contributed by atoms with van der Waals surface area (Å²) in [5, 5.41) is 4.16. The van der Waals surface area contributed by atoms with Gasteiger partial charge in [-0.1, -0.05) is 25.5 Å². The summed E-state index contributed by atoms with van der Waals surface area (Å²) in [6.07, 6.45) is 6.02. The lowest BCUT2D eigenvalue weighted by atomic mass is 10.2. The number of hydrogen-bond acceptors (Lipinski definition) is 3. The Morgan fingerprint density at radius 1 is 1.32 bits per heavy atom. The SMILES string of the molecule is CCCCC(=O)OCc1ccc(-n2cccn2)cc1. The molecule has 2 aromatic rings. The third kappa shape index (κ3) is 3.95. The lowest BCUT2D eigenvalue weighted by molar-refractivity contribution is -0.145. The Hall–Kier alpha value is -2.10. The molecule has 0 fully saturated rings. The number of esters is 1. The molecule has 0 aliphatic rings. The highest BCUT2D eigenvalue weighted by Gasteiger charge is 2.03. The summed E-state index contributed by atoms with van der Waals surface area (Å²) in [7, 11) is 0. The normalized spacial score (nSPS) is 10.4. The highest BCUT2D eigenvalue weighted by Crippen LogP contribution is 2.10. The zero-order chi connectivity index (χ0) is 13.5. The second kappa shape index (κ2) is 6.73. The van der Waals surface area contributed by atoms with E-state index in [0.29, 0.717) is 13.0 Å². The van der Waals surface area contributed by atoms with Crippen molar-refractivity contribution in [1.82, 2.24) is 9.78 Å². The highest BCUT2D eigenvalue weighted by molar-refractivity contribution is 5.69. The lowest BCUT2D eigenvalue weighted by Crippen LogP contribution is -2.04. The van der Waals surface area contributed by atoms with Gasteiger partial charge in [-0.3, -0.25) is 4.79 Å². The van der Waals surface area contributed by atoms with Crippen molar-refractivity contribution in [2.75, 3.05) is 0 Å². The minimum Gasteiger partial charge on any atom is -0.461 e. The number of carbonyl (C=O) groups is 1. The first kappa shape index (κ1) is 13.3. The van der Waals surface area contributed by atoms with Crippen LogP contribution in [0.15, 0.2) is 42.7 Å². The van der Waals surface area contributed by atoms with E-state index in [1.165, 1.54) is 0 Å². The van der Waals surface area contributed by atoms with Gasteiger partial charge in [-0.15, -0.1) is 0 Å². The lowest BCUT2D eigenvalue weighted by Gasteiger charge is -2.06. The van der Waals surface area contributed by atoms with Gasteiger partial charge in [-0.05, 0) is 30.2 Å². The Morgan fingerprint density at radius 3 is 2.74 bits per heavy atom. The maximum Gasteiger partial charge on any atom is 0.306 e. The van der Waals surface area contributed by atoms with Crippen molar-refractivity contribution in [3.63, 3.8) is 0 Å². The smallest absolute Gasteiger partial charge is 0.306 e. The Labute approximate surface area is 113 Å². The molecular formula is C15H18N2O2. The molecule has 1 heterocycles. The molecule has 1 aromatic carbocycles. The highest BCUT2D eigenvalue weighted by atomic mass is 16.5. The summed E-state index contributed by atoms with van der Waals surface area (Å²) in [6.45, 7) is 2.39. The molecule has 19 heavy (non-hydrogen) atoms. The maximum atomic E-state index is 11.4. The molecule has 0 unspecified atom stereocenters. The zero-order valence-electron chi connectivity index (χ0n) is 11.1. The topological polar surface area (TPSA) is 44.1 Å². The second-order valence-corrected chi connectivity index (χ2v) is 4.38. The Morgan fingerprint density at radius 2 is 2.11 bits per heavy atom. The fourth-order valence-corrected chi connectivity index (χ4v) is 1.72. The summed E-state index contributed by atoms with van der Waals surface area (Å²) in [4.78, 5) is 11.4. The second-order valence-electron chi connectivity index (χ2n) is 4.38. The molecule has 0 saturated heterocycles. The summed E-state index contributed by atoms with van der Waals surface area (Å²) in [5.41, 5.74) is 1.98. The summed E-state index contributed by atoms with van der Waals surface area (Å²) in [6, 6.07) is 9.70. The number of unbranched alkanes of at least 4 members (excludes halogenated alkanes) is 1. The molecule has 0 aliphatic heterocycles. The molecule has 4 nitrogen and oxygen atoms in total. The van der Waals surface area contributed by atoms with Gasteiger partial charge in [0.1, 0.15) is 6.61 Å². The van der Waals surface area contributed by atoms with Crippen LogP contribution in [0.2, 0.25) is 0 Å². The minimum absolute atomic E-state index is 0.127. The third-order valence-corrected chi connectivity index (χ3v) is 2.84. The number of rotatable bonds is 6. The summed E-state index contributed by atoms with van der Waals surface area (Å²) in [5.74, 6) is -0.127. The maximum absolute atomic E-state index is 11.4. The van der Waals surface area contributed by atoms with Gasteiger partial charge in [0, 0.05) is 18.8 Å². The number of nitrogens with zero attached hydrogens (tertiary/aromatic N) is 2. The molecule has 0 bridgehead atoms. The molecule has 0 N–H and O–H groups in total. The van der Waals surface area contributed by atoms with Crippen LogP contribution in [0.25, 0.3) is 5.69 Å². The molecule has 0 spiro atoms. The summed E-state index contributed by atoms with van der Waals surface area (Å²) < 4.78 is 6.99.